The molecule has 122 valence electrons. The van der Waals surface area contributed by atoms with E-state index in [1.807, 2.05) is 0 Å². The summed E-state index contributed by atoms with van der Waals surface area (Å²) in [4.78, 5) is 22.0. The van der Waals surface area contributed by atoms with Crippen LogP contribution < -0.4 is 5.32 Å². The van der Waals surface area contributed by atoms with Gasteiger partial charge in [0.05, 0.1) is 39.1 Å². The van der Waals surface area contributed by atoms with Gasteiger partial charge in [-0.3, -0.25) is 4.79 Å². The summed E-state index contributed by atoms with van der Waals surface area (Å²) in [6.45, 7) is 2.13. The maximum absolute atomic E-state index is 11.9. The lowest BCUT2D eigenvalue weighted by Gasteiger charge is -2.08. The first kappa shape index (κ1) is 17.2. The number of aryl methyl sites for hydroxylation is 2. The number of benzene rings is 1. The second kappa shape index (κ2) is 7.43. The van der Waals surface area contributed by atoms with Gasteiger partial charge in [0.1, 0.15) is 0 Å². The average Bonchev–Trinajstić information content (AvgIpc) is 2.85. The molecule has 7 nitrogen and oxygen atoms in total. The van der Waals surface area contributed by atoms with Gasteiger partial charge in [-0.1, -0.05) is 29.3 Å². The smallest absolute Gasteiger partial charge is 0.358 e. The minimum Gasteiger partial charge on any atom is -0.358 e. The minimum atomic E-state index is -0.546. The highest BCUT2D eigenvalue weighted by Crippen LogP contribution is 2.29. The molecule has 1 aromatic heterocycles. The second-order valence-corrected chi connectivity index (χ2v) is 5.69. The number of aromatic nitrogens is 2. The number of nitrogens with one attached hydrogen (secondary N) is 1. The van der Waals surface area contributed by atoms with Crippen LogP contribution in [0.15, 0.2) is 24.3 Å². The van der Waals surface area contributed by atoms with Crippen LogP contribution in [0.3, 0.4) is 0 Å². The van der Waals surface area contributed by atoms with Gasteiger partial charge in [0.25, 0.3) is 0 Å². The molecule has 9 heteroatoms. The molecule has 0 fully saturated rings. The van der Waals surface area contributed by atoms with E-state index in [-0.39, 0.29) is 18.1 Å². The van der Waals surface area contributed by atoms with Gasteiger partial charge in [0, 0.05) is 6.42 Å². The monoisotopic (exact) mass is 356 g/mol. The van der Waals surface area contributed by atoms with Crippen molar-refractivity contribution in [2.24, 2.45) is 0 Å². The van der Waals surface area contributed by atoms with Gasteiger partial charge < -0.3 is 15.4 Å². The lowest BCUT2D eigenvalue weighted by Crippen LogP contribution is -2.13. The first-order valence-electron chi connectivity index (χ1n) is 6.81. The van der Waals surface area contributed by atoms with Crippen molar-refractivity contribution in [1.82, 2.24) is 9.78 Å². The summed E-state index contributed by atoms with van der Waals surface area (Å²) in [6, 6.07) is 6.35. The van der Waals surface area contributed by atoms with Crippen molar-refractivity contribution in [3.05, 3.63) is 50.1 Å². The zero-order valence-electron chi connectivity index (χ0n) is 12.3. The fourth-order valence-corrected chi connectivity index (χ4v) is 2.51. The molecule has 0 unspecified atom stereocenters. The molecule has 1 amide bonds. The number of carbonyl (C=O) groups excluding carboxylic acids is 1. The van der Waals surface area contributed by atoms with E-state index in [9.17, 15) is 14.9 Å². The Labute approximate surface area is 142 Å². The number of amides is 1. The van der Waals surface area contributed by atoms with Gasteiger partial charge in [-0.15, -0.1) is 0 Å². The van der Waals surface area contributed by atoms with Crippen LogP contribution in [0, 0.1) is 17.0 Å². The van der Waals surface area contributed by atoms with Crippen molar-refractivity contribution in [2.75, 3.05) is 5.32 Å². The second-order valence-electron chi connectivity index (χ2n) is 4.87. The van der Waals surface area contributed by atoms with Crippen molar-refractivity contribution in [3.63, 3.8) is 0 Å². The molecule has 1 aromatic carbocycles. The standard InChI is InChI=1S/C14H14Cl2N4O3/c1-9-8-12(20(22)23)18-19(9)7-3-6-13(21)17-14-10(15)4-2-5-11(14)16/h2,4-5,8H,3,6-7H2,1H3,(H,17,21). The summed E-state index contributed by atoms with van der Waals surface area (Å²) >= 11 is 12.0. The molecule has 2 aromatic rings. The molecular weight excluding hydrogens is 343 g/mol. The highest BCUT2D eigenvalue weighted by atomic mass is 35.5. The van der Waals surface area contributed by atoms with Gasteiger partial charge in [0.2, 0.25) is 5.91 Å². The largest absolute Gasteiger partial charge is 0.390 e. The Kier molecular flexibility index (Phi) is 5.57. The van der Waals surface area contributed by atoms with Crippen LogP contribution in [0.2, 0.25) is 10.0 Å². The van der Waals surface area contributed by atoms with Gasteiger partial charge >= 0.3 is 5.82 Å². The number of hydrogen-bond donors (Lipinski definition) is 1. The predicted molar refractivity (Wildman–Crippen MR) is 87.9 cm³/mol. The van der Waals surface area contributed by atoms with Crippen LogP contribution in [0.25, 0.3) is 0 Å². The van der Waals surface area contributed by atoms with E-state index >= 15 is 0 Å². The molecule has 1 N–H and O–H groups in total. The topological polar surface area (TPSA) is 90.1 Å². The predicted octanol–water partition coefficient (Wildman–Crippen LogP) is 3.83. The number of nitro groups is 1. The summed E-state index contributed by atoms with van der Waals surface area (Å²) in [5.41, 5.74) is 1.05. The highest BCUT2D eigenvalue weighted by molar-refractivity contribution is 6.39. The van der Waals surface area contributed by atoms with Crippen molar-refractivity contribution in [3.8, 4) is 0 Å². The maximum Gasteiger partial charge on any atom is 0.390 e. The fraction of sp³-hybridized carbons (Fsp3) is 0.286. The quantitative estimate of drug-likeness (QED) is 0.628. The van der Waals surface area contributed by atoms with Gasteiger partial charge in [-0.2, -0.15) is 4.68 Å². The van der Waals surface area contributed by atoms with Crippen molar-refractivity contribution in [1.29, 1.82) is 0 Å². The molecule has 23 heavy (non-hydrogen) atoms. The van der Waals surface area contributed by atoms with E-state index in [0.29, 0.717) is 34.4 Å². The molecule has 0 spiro atoms. The van der Waals surface area contributed by atoms with E-state index in [1.54, 1.807) is 25.1 Å². The lowest BCUT2D eigenvalue weighted by molar-refractivity contribution is -0.389. The molecule has 0 aliphatic carbocycles. The van der Waals surface area contributed by atoms with E-state index < -0.39 is 4.92 Å². The number of carbonyl (C=O) groups is 1. The van der Waals surface area contributed by atoms with E-state index in [2.05, 4.69) is 10.4 Å². The lowest BCUT2D eigenvalue weighted by atomic mass is 10.2. The number of halogens is 2. The molecule has 0 aliphatic heterocycles. The molecule has 0 saturated heterocycles. The third-order valence-corrected chi connectivity index (χ3v) is 3.79. The number of nitrogens with zero attached hydrogens (tertiary/aromatic N) is 3. The summed E-state index contributed by atoms with van der Waals surface area (Å²) < 4.78 is 1.51. The maximum atomic E-state index is 11.9. The van der Waals surface area contributed by atoms with Gasteiger partial charge in [0.15, 0.2) is 0 Å². The van der Waals surface area contributed by atoms with Gasteiger partial charge in [-0.25, -0.2) is 0 Å². The van der Waals surface area contributed by atoms with E-state index in [1.165, 1.54) is 10.7 Å². The van der Waals surface area contributed by atoms with Gasteiger partial charge in [-0.05, 0) is 30.4 Å². The third-order valence-electron chi connectivity index (χ3n) is 3.16. The molecule has 0 bridgehead atoms. The Bertz CT molecular complexity index is 725. The van der Waals surface area contributed by atoms with Crippen LogP contribution in [0.4, 0.5) is 11.5 Å². The highest BCUT2D eigenvalue weighted by Gasteiger charge is 2.15. The summed E-state index contributed by atoms with van der Waals surface area (Å²) in [5.74, 6) is -0.436. The molecule has 0 saturated carbocycles. The molecule has 2 rings (SSSR count). The first-order chi connectivity index (χ1) is 10.9. The molecule has 0 atom stereocenters. The Morgan fingerprint density at radius 1 is 1.39 bits per heavy atom. The minimum absolute atomic E-state index is 0.199. The number of rotatable bonds is 6. The van der Waals surface area contributed by atoms with E-state index in [4.69, 9.17) is 23.2 Å². The van der Waals surface area contributed by atoms with Crippen LogP contribution in [-0.4, -0.2) is 20.6 Å². The number of anilines is 1. The Morgan fingerprint density at radius 3 is 2.61 bits per heavy atom. The summed E-state index contributed by atoms with van der Waals surface area (Å²) in [6.07, 6.45) is 0.697. The van der Waals surface area contributed by atoms with Crippen LogP contribution in [0.5, 0.6) is 0 Å². The Morgan fingerprint density at radius 2 is 2.04 bits per heavy atom. The van der Waals surface area contributed by atoms with Crippen LogP contribution in [0.1, 0.15) is 18.5 Å². The Hall–Kier alpha value is -2.12. The average molecular weight is 357 g/mol. The SMILES string of the molecule is Cc1cc([N+](=O)[O-])nn1CCCC(=O)Nc1c(Cl)cccc1Cl. The van der Waals surface area contributed by atoms with Crippen LogP contribution in [-0.2, 0) is 11.3 Å². The Balaban J connectivity index is 1.89. The summed E-state index contributed by atoms with van der Waals surface area (Å²) in [5, 5.41) is 17.9. The van der Waals surface area contributed by atoms with Crippen LogP contribution >= 0.6 is 23.2 Å². The van der Waals surface area contributed by atoms with Crippen molar-refractivity contribution in [2.45, 2.75) is 26.3 Å². The number of hydrogen-bond acceptors (Lipinski definition) is 4. The van der Waals surface area contributed by atoms with Crippen molar-refractivity contribution < 1.29 is 9.72 Å². The third kappa shape index (κ3) is 4.43. The molecule has 0 radical (unpaired) electrons. The normalized spacial score (nSPS) is 10.6. The zero-order chi connectivity index (χ0) is 17.0. The molecular formula is C14H14Cl2N4O3. The number of para-hydroxylation sites is 1. The molecule has 0 aliphatic rings. The first-order valence-corrected chi connectivity index (χ1v) is 7.57. The molecule has 1 heterocycles. The summed E-state index contributed by atoms with van der Waals surface area (Å²) in [7, 11) is 0. The fourth-order valence-electron chi connectivity index (χ4n) is 2.02. The zero-order valence-corrected chi connectivity index (χ0v) is 13.8. The van der Waals surface area contributed by atoms with Crippen molar-refractivity contribution >= 4 is 40.6 Å². The van der Waals surface area contributed by atoms with E-state index in [0.717, 1.165) is 0 Å².